The number of nitrogens with two attached hydrogens (primary N) is 1. The molecule has 0 bridgehead atoms. The smallest absolute Gasteiger partial charge is 0.0642 e. The lowest BCUT2D eigenvalue weighted by molar-refractivity contribution is 0.122. The van der Waals surface area contributed by atoms with Crippen LogP contribution in [0, 0.1) is 0 Å². The Bertz CT molecular complexity index is 593. The molecule has 0 atom stereocenters. The van der Waals surface area contributed by atoms with E-state index in [-0.39, 0.29) is 13.2 Å². The predicted molar refractivity (Wildman–Crippen MR) is 102 cm³/mol. The number of anilines is 2. The van der Waals surface area contributed by atoms with Crippen molar-refractivity contribution in [2.75, 3.05) is 50.2 Å². The number of nitrogens with zero attached hydrogens (tertiary/aromatic N) is 1. The van der Waals surface area contributed by atoms with Crippen LogP contribution < -0.4 is 10.6 Å². The Labute approximate surface area is 149 Å². The third kappa shape index (κ3) is 6.74. The van der Waals surface area contributed by atoms with Gasteiger partial charge in [-0.05, 0) is 48.2 Å². The maximum Gasteiger partial charge on any atom is 0.0642 e. The highest BCUT2D eigenvalue weighted by Gasteiger charge is 2.10. The van der Waals surface area contributed by atoms with Gasteiger partial charge in [-0.15, -0.1) is 0 Å². The molecule has 2 aromatic carbocycles. The molecule has 0 radical (unpaired) electrons. The van der Waals surface area contributed by atoms with Crippen LogP contribution >= 0.6 is 0 Å². The Morgan fingerprint density at radius 1 is 0.800 bits per heavy atom. The summed E-state index contributed by atoms with van der Waals surface area (Å²) in [6.45, 7) is 4.00. The lowest BCUT2D eigenvalue weighted by Gasteiger charge is -2.28. The molecule has 0 unspecified atom stereocenters. The summed E-state index contributed by atoms with van der Waals surface area (Å²) in [5.74, 6) is 0. The fourth-order valence-corrected chi connectivity index (χ4v) is 2.64. The van der Waals surface area contributed by atoms with E-state index in [9.17, 15) is 0 Å². The fraction of sp³-hybridized carbons (Fsp3) is 0.400. The molecule has 5 heteroatoms. The van der Waals surface area contributed by atoms with Gasteiger partial charge in [0.15, 0.2) is 0 Å². The average Bonchev–Trinajstić information content (AvgIpc) is 2.66. The Morgan fingerprint density at radius 2 is 1.28 bits per heavy atom. The first-order chi connectivity index (χ1) is 12.2. The summed E-state index contributed by atoms with van der Waals surface area (Å²) in [6, 6.07) is 15.9. The first-order valence-corrected chi connectivity index (χ1v) is 8.70. The van der Waals surface area contributed by atoms with Crippen LogP contribution in [-0.2, 0) is 17.6 Å². The number of hydrogen-bond donors (Lipinski definition) is 3. The van der Waals surface area contributed by atoms with Gasteiger partial charge in [0.05, 0.1) is 13.2 Å². The molecule has 1 saturated heterocycles. The van der Waals surface area contributed by atoms with E-state index >= 15 is 0 Å². The van der Waals surface area contributed by atoms with Crippen LogP contribution in [-0.4, -0.2) is 49.7 Å². The number of hydrogen-bond acceptors (Lipinski definition) is 5. The van der Waals surface area contributed by atoms with Crippen molar-refractivity contribution in [1.82, 2.24) is 0 Å². The van der Waals surface area contributed by atoms with Crippen LogP contribution in [0.5, 0.6) is 0 Å². The zero-order valence-electron chi connectivity index (χ0n) is 14.6. The number of benzene rings is 2. The van der Waals surface area contributed by atoms with Crippen LogP contribution in [0.1, 0.15) is 11.1 Å². The molecule has 1 aliphatic heterocycles. The summed E-state index contributed by atoms with van der Waals surface area (Å²) >= 11 is 0. The normalized spacial score (nSPS) is 13.9. The van der Waals surface area contributed by atoms with Crippen molar-refractivity contribution in [3.05, 3.63) is 59.7 Å². The fourth-order valence-electron chi connectivity index (χ4n) is 2.64. The first kappa shape index (κ1) is 19.2. The van der Waals surface area contributed by atoms with Gasteiger partial charge in [-0.1, -0.05) is 24.3 Å². The molecule has 1 fully saturated rings. The largest absolute Gasteiger partial charge is 0.399 e. The molecule has 136 valence electrons. The minimum Gasteiger partial charge on any atom is -0.399 e. The van der Waals surface area contributed by atoms with Gasteiger partial charge in [0, 0.05) is 37.7 Å². The summed E-state index contributed by atoms with van der Waals surface area (Å²) in [5, 5.41) is 17.4. The van der Waals surface area contributed by atoms with Crippen LogP contribution in [0.25, 0.3) is 0 Å². The Balaban J connectivity index is 0.000000196. The van der Waals surface area contributed by atoms with Gasteiger partial charge in [-0.2, -0.15) is 0 Å². The van der Waals surface area contributed by atoms with E-state index in [1.54, 1.807) is 0 Å². The quantitative estimate of drug-likeness (QED) is 0.722. The van der Waals surface area contributed by atoms with Crippen molar-refractivity contribution in [3.63, 3.8) is 0 Å². The highest BCUT2D eigenvalue weighted by Crippen LogP contribution is 2.16. The van der Waals surface area contributed by atoms with E-state index in [1.807, 2.05) is 24.3 Å². The van der Waals surface area contributed by atoms with Crippen LogP contribution in [0.3, 0.4) is 0 Å². The van der Waals surface area contributed by atoms with Gasteiger partial charge in [0.1, 0.15) is 0 Å². The second kappa shape index (κ2) is 10.7. The van der Waals surface area contributed by atoms with E-state index in [2.05, 4.69) is 29.2 Å². The predicted octanol–water partition coefficient (Wildman–Crippen LogP) is 1.86. The van der Waals surface area contributed by atoms with Crippen LogP contribution in [0.2, 0.25) is 0 Å². The lowest BCUT2D eigenvalue weighted by atomic mass is 10.1. The number of morpholine rings is 1. The first-order valence-electron chi connectivity index (χ1n) is 8.70. The summed E-state index contributed by atoms with van der Waals surface area (Å²) < 4.78 is 5.31. The highest BCUT2D eigenvalue weighted by atomic mass is 16.5. The van der Waals surface area contributed by atoms with Crippen molar-refractivity contribution in [3.8, 4) is 0 Å². The summed E-state index contributed by atoms with van der Waals surface area (Å²) in [4.78, 5) is 2.33. The Hall–Kier alpha value is -2.08. The van der Waals surface area contributed by atoms with Gasteiger partial charge in [0.25, 0.3) is 0 Å². The molecule has 1 heterocycles. The SMILES string of the molecule is Nc1ccc(CCO)cc1.OCCc1ccc(N2CCOCC2)cc1. The van der Waals surface area contributed by atoms with Gasteiger partial charge in [-0.25, -0.2) is 0 Å². The number of rotatable bonds is 5. The number of aliphatic hydroxyl groups excluding tert-OH is 2. The Morgan fingerprint density at radius 3 is 1.76 bits per heavy atom. The van der Waals surface area contributed by atoms with Crippen molar-refractivity contribution in [2.45, 2.75) is 12.8 Å². The van der Waals surface area contributed by atoms with Gasteiger partial charge >= 0.3 is 0 Å². The number of aliphatic hydroxyl groups is 2. The van der Waals surface area contributed by atoms with E-state index in [4.69, 9.17) is 20.7 Å². The van der Waals surface area contributed by atoms with Crippen molar-refractivity contribution < 1.29 is 14.9 Å². The molecule has 25 heavy (non-hydrogen) atoms. The van der Waals surface area contributed by atoms with Crippen molar-refractivity contribution in [2.24, 2.45) is 0 Å². The summed E-state index contributed by atoms with van der Waals surface area (Å²) in [5.41, 5.74) is 9.79. The molecular weight excluding hydrogens is 316 g/mol. The molecule has 0 aromatic heterocycles. The number of nitrogen functional groups attached to an aromatic ring is 1. The summed E-state index contributed by atoms with van der Waals surface area (Å²) in [6.07, 6.45) is 1.45. The summed E-state index contributed by atoms with van der Waals surface area (Å²) in [7, 11) is 0. The topological polar surface area (TPSA) is 79.0 Å². The van der Waals surface area contributed by atoms with Gasteiger partial charge < -0.3 is 25.6 Å². The zero-order chi connectivity index (χ0) is 17.9. The lowest BCUT2D eigenvalue weighted by Crippen LogP contribution is -2.36. The minimum atomic E-state index is 0.198. The van der Waals surface area contributed by atoms with E-state index in [0.717, 1.165) is 44.0 Å². The molecule has 0 amide bonds. The molecule has 3 rings (SSSR count). The van der Waals surface area contributed by atoms with Crippen LogP contribution in [0.15, 0.2) is 48.5 Å². The van der Waals surface area contributed by atoms with E-state index < -0.39 is 0 Å². The van der Waals surface area contributed by atoms with Crippen molar-refractivity contribution >= 4 is 11.4 Å². The molecule has 0 saturated carbocycles. The monoisotopic (exact) mass is 344 g/mol. The van der Waals surface area contributed by atoms with E-state index in [1.165, 1.54) is 11.3 Å². The van der Waals surface area contributed by atoms with Crippen molar-refractivity contribution in [1.29, 1.82) is 0 Å². The maximum atomic E-state index is 8.81. The average molecular weight is 344 g/mol. The Kier molecular flexibility index (Phi) is 8.25. The minimum absolute atomic E-state index is 0.198. The molecule has 5 nitrogen and oxygen atoms in total. The zero-order valence-corrected chi connectivity index (χ0v) is 14.6. The molecule has 4 N–H and O–H groups in total. The van der Waals surface area contributed by atoms with E-state index in [0.29, 0.717) is 6.42 Å². The molecule has 1 aliphatic rings. The standard InChI is InChI=1S/C12H17NO2.C8H11NO/c14-8-5-11-1-3-12(4-2-11)13-6-9-15-10-7-13;9-8-3-1-7(2-4-8)5-6-10/h1-4,14H,5-10H2;1-4,10H,5-6,9H2. The third-order valence-corrected chi connectivity index (χ3v) is 4.09. The molecular formula is C20H28N2O3. The highest BCUT2D eigenvalue weighted by molar-refractivity contribution is 5.48. The van der Waals surface area contributed by atoms with Gasteiger partial charge in [-0.3, -0.25) is 0 Å². The molecule has 0 spiro atoms. The molecule has 2 aromatic rings. The molecule has 0 aliphatic carbocycles. The second-order valence-corrected chi connectivity index (χ2v) is 5.95. The third-order valence-electron chi connectivity index (χ3n) is 4.09. The van der Waals surface area contributed by atoms with Gasteiger partial charge in [0.2, 0.25) is 0 Å². The van der Waals surface area contributed by atoms with Crippen LogP contribution in [0.4, 0.5) is 11.4 Å². The maximum absolute atomic E-state index is 8.81. The second-order valence-electron chi connectivity index (χ2n) is 5.95. The number of ether oxygens (including phenoxy) is 1.